The molecule has 13 heavy (non-hydrogen) atoms. The van der Waals surface area contributed by atoms with Gasteiger partial charge in [-0.05, 0) is 22.9 Å². The van der Waals surface area contributed by atoms with Crippen LogP contribution in [0.5, 0.6) is 5.75 Å². The summed E-state index contributed by atoms with van der Waals surface area (Å²) < 4.78 is 5.19. The number of nitrogens with zero attached hydrogens (tertiary/aromatic N) is 2. The Balaban J connectivity index is 3.38. The Morgan fingerprint density at radius 1 is 1.69 bits per heavy atom. The second-order valence-electron chi connectivity index (χ2n) is 2.36. The first-order valence-corrected chi connectivity index (χ1v) is 4.21. The lowest BCUT2D eigenvalue weighted by Gasteiger charge is -2.03. The molecule has 0 saturated heterocycles. The van der Waals surface area contributed by atoms with E-state index in [1.165, 1.54) is 13.2 Å². The van der Waals surface area contributed by atoms with Crippen LogP contribution in [0.15, 0.2) is 10.7 Å². The number of methoxy groups -OCH3 is 1. The number of aryl methyl sites for hydroxylation is 1. The number of rotatable bonds is 2. The van der Waals surface area contributed by atoms with Crippen LogP contribution in [0.2, 0.25) is 0 Å². The standard InChI is InChI=1S/C7H7BrN2O3/c1-4-3-5(10(11)12)6(13-2)7(8)9-4/h3H,1-2H3. The van der Waals surface area contributed by atoms with Gasteiger partial charge in [0.1, 0.15) is 0 Å². The van der Waals surface area contributed by atoms with E-state index in [1.54, 1.807) is 6.92 Å². The highest BCUT2D eigenvalue weighted by Gasteiger charge is 2.19. The van der Waals surface area contributed by atoms with Crippen molar-refractivity contribution in [2.45, 2.75) is 6.92 Å². The molecule has 70 valence electrons. The number of aromatic nitrogens is 1. The van der Waals surface area contributed by atoms with Crippen LogP contribution >= 0.6 is 15.9 Å². The summed E-state index contributed by atoms with van der Waals surface area (Å²) in [6.45, 7) is 1.68. The van der Waals surface area contributed by atoms with Crippen molar-refractivity contribution in [2.75, 3.05) is 7.11 Å². The van der Waals surface area contributed by atoms with Crippen molar-refractivity contribution in [1.82, 2.24) is 4.98 Å². The van der Waals surface area contributed by atoms with E-state index in [4.69, 9.17) is 4.74 Å². The van der Waals surface area contributed by atoms with Gasteiger partial charge >= 0.3 is 5.69 Å². The average molecular weight is 247 g/mol. The predicted octanol–water partition coefficient (Wildman–Crippen LogP) is 2.07. The summed E-state index contributed by atoms with van der Waals surface area (Å²) in [6.07, 6.45) is 0. The molecule has 0 aliphatic rings. The normalized spacial score (nSPS) is 9.77. The van der Waals surface area contributed by atoms with Crippen LogP contribution in [0.3, 0.4) is 0 Å². The molecule has 0 radical (unpaired) electrons. The maximum absolute atomic E-state index is 10.6. The Kier molecular flexibility index (Phi) is 2.82. The van der Waals surface area contributed by atoms with Gasteiger partial charge in [0.15, 0.2) is 4.60 Å². The average Bonchev–Trinajstić information content (AvgIpc) is 2.02. The third-order valence-corrected chi connectivity index (χ3v) is 1.98. The van der Waals surface area contributed by atoms with Gasteiger partial charge in [-0.2, -0.15) is 0 Å². The zero-order chi connectivity index (χ0) is 10.0. The van der Waals surface area contributed by atoms with Gasteiger partial charge in [0, 0.05) is 11.8 Å². The molecular formula is C7H7BrN2O3. The minimum absolute atomic E-state index is 0.0816. The first-order chi connectivity index (χ1) is 6.06. The van der Waals surface area contributed by atoms with E-state index in [-0.39, 0.29) is 11.4 Å². The van der Waals surface area contributed by atoms with Gasteiger partial charge < -0.3 is 4.74 Å². The van der Waals surface area contributed by atoms with Crippen molar-refractivity contribution in [3.05, 3.63) is 26.5 Å². The Morgan fingerprint density at radius 2 is 2.31 bits per heavy atom. The SMILES string of the molecule is COc1c([N+](=O)[O-])cc(C)nc1Br. The van der Waals surface area contributed by atoms with Gasteiger partial charge in [-0.15, -0.1) is 0 Å². The van der Waals surface area contributed by atoms with E-state index in [0.29, 0.717) is 10.3 Å². The van der Waals surface area contributed by atoms with Gasteiger partial charge in [-0.25, -0.2) is 4.98 Å². The van der Waals surface area contributed by atoms with E-state index in [1.807, 2.05) is 0 Å². The number of nitro groups is 1. The Morgan fingerprint density at radius 3 is 2.77 bits per heavy atom. The molecule has 0 fully saturated rings. The fourth-order valence-corrected chi connectivity index (χ4v) is 1.58. The molecule has 0 spiro atoms. The molecule has 1 aromatic heterocycles. The molecule has 6 heteroatoms. The molecule has 0 aromatic carbocycles. The van der Waals surface area contributed by atoms with E-state index in [9.17, 15) is 10.1 Å². The molecule has 1 rings (SSSR count). The molecule has 1 aromatic rings. The largest absolute Gasteiger partial charge is 0.488 e. The van der Waals surface area contributed by atoms with Crippen molar-refractivity contribution >= 4 is 21.6 Å². The van der Waals surface area contributed by atoms with E-state index in [2.05, 4.69) is 20.9 Å². The van der Waals surface area contributed by atoms with Crippen molar-refractivity contribution in [2.24, 2.45) is 0 Å². The van der Waals surface area contributed by atoms with Crippen LogP contribution in [0.4, 0.5) is 5.69 Å². The number of hydrogen-bond donors (Lipinski definition) is 0. The van der Waals surface area contributed by atoms with Crippen LogP contribution in [0.25, 0.3) is 0 Å². The minimum Gasteiger partial charge on any atom is -0.488 e. The molecule has 0 N–H and O–H groups in total. The molecular weight excluding hydrogens is 240 g/mol. The maximum atomic E-state index is 10.6. The lowest BCUT2D eigenvalue weighted by atomic mass is 10.3. The summed E-state index contributed by atoms with van der Waals surface area (Å²) in [6, 6.07) is 1.36. The number of halogens is 1. The van der Waals surface area contributed by atoms with Gasteiger partial charge in [-0.1, -0.05) is 0 Å². The monoisotopic (exact) mass is 246 g/mol. The summed E-state index contributed by atoms with van der Waals surface area (Å²) in [5, 5.41) is 10.6. The second-order valence-corrected chi connectivity index (χ2v) is 3.12. The molecule has 0 unspecified atom stereocenters. The van der Waals surface area contributed by atoms with Crippen LogP contribution in [0, 0.1) is 17.0 Å². The molecule has 0 amide bonds. The lowest BCUT2D eigenvalue weighted by Crippen LogP contribution is -1.97. The van der Waals surface area contributed by atoms with Gasteiger partial charge in [0.05, 0.1) is 12.0 Å². The number of ether oxygens (including phenoxy) is 1. The predicted molar refractivity (Wildman–Crippen MR) is 49.9 cm³/mol. The van der Waals surface area contributed by atoms with Crippen molar-refractivity contribution in [1.29, 1.82) is 0 Å². The highest BCUT2D eigenvalue weighted by Crippen LogP contribution is 2.33. The molecule has 0 aliphatic carbocycles. The van der Waals surface area contributed by atoms with Gasteiger partial charge in [-0.3, -0.25) is 10.1 Å². The van der Waals surface area contributed by atoms with Crippen LogP contribution in [-0.2, 0) is 0 Å². The molecule has 0 bridgehead atoms. The molecule has 1 heterocycles. The first kappa shape index (κ1) is 9.91. The van der Waals surface area contributed by atoms with Crippen molar-refractivity contribution in [3.63, 3.8) is 0 Å². The van der Waals surface area contributed by atoms with E-state index < -0.39 is 4.92 Å². The summed E-state index contributed by atoms with van der Waals surface area (Å²) in [4.78, 5) is 14.0. The molecule has 0 atom stereocenters. The van der Waals surface area contributed by atoms with Crippen molar-refractivity contribution in [3.8, 4) is 5.75 Å². The number of pyridine rings is 1. The third-order valence-electron chi connectivity index (χ3n) is 1.44. The van der Waals surface area contributed by atoms with Gasteiger partial charge in [0.25, 0.3) is 0 Å². The minimum atomic E-state index is -0.502. The van der Waals surface area contributed by atoms with E-state index >= 15 is 0 Å². The summed E-state index contributed by atoms with van der Waals surface area (Å²) in [5.74, 6) is 0.149. The number of hydrogen-bond acceptors (Lipinski definition) is 4. The highest BCUT2D eigenvalue weighted by atomic mass is 79.9. The quantitative estimate of drug-likeness (QED) is 0.455. The van der Waals surface area contributed by atoms with Crippen molar-refractivity contribution < 1.29 is 9.66 Å². The fraction of sp³-hybridized carbons (Fsp3) is 0.286. The smallest absolute Gasteiger partial charge is 0.315 e. The topological polar surface area (TPSA) is 65.3 Å². The zero-order valence-electron chi connectivity index (χ0n) is 7.07. The third kappa shape index (κ3) is 1.95. The Hall–Kier alpha value is -1.17. The van der Waals surface area contributed by atoms with Gasteiger partial charge in [0.2, 0.25) is 5.75 Å². The van der Waals surface area contributed by atoms with Crippen LogP contribution in [-0.4, -0.2) is 17.0 Å². The molecule has 0 aliphatic heterocycles. The summed E-state index contributed by atoms with van der Waals surface area (Å²) >= 11 is 3.09. The summed E-state index contributed by atoms with van der Waals surface area (Å²) in [7, 11) is 1.37. The van der Waals surface area contributed by atoms with Crippen LogP contribution < -0.4 is 4.74 Å². The second kappa shape index (κ2) is 3.69. The lowest BCUT2D eigenvalue weighted by molar-refractivity contribution is -0.385. The highest BCUT2D eigenvalue weighted by molar-refractivity contribution is 9.10. The summed E-state index contributed by atoms with van der Waals surface area (Å²) in [5.41, 5.74) is 0.487. The maximum Gasteiger partial charge on any atom is 0.315 e. The zero-order valence-corrected chi connectivity index (χ0v) is 8.66. The van der Waals surface area contributed by atoms with Crippen LogP contribution in [0.1, 0.15) is 5.69 Å². The molecule has 5 nitrogen and oxygen atoms in total. The van der Waals surface area contributed by atoms with E-state index in [0.717, 1.165) is 0 Å². The Labute approximate surface area is 83.0 Å². The molecule has 0 saturated carbocycles. The first-order valence-electron chi connectivity index (χ1n) is 3.41. The Bertz CT molecular complexity index is 354. The fourth-order valence-electron chi connectivity index (χ4n) is 0.931.